The lowest BCUT2D eigenvalue weighted by Crippen LogP contribution is -2.46. The fraction of sp³-hybridized carbons (Fsp3) is 0.364. The number of rotatable bonds is 7. The summed E-state index contributed by atoms with van der Waals surface area (Å²) in [6.45, 7) is 2.56. The molecule has 31 heavy (non-hydrogen) atoms. The number of piperidine rings is 1. The Labute approximate surface area is 191 Å². The fourth-order valence-corrected chi connectivity index (χ4v) is 5.18. The maximum atomic E-state index is 13.4. The van der Waals surface area contributed by atoms with Crippen molar-refractivity contribution in [3.63, 3.8) is 0 Å². The van der Waals surface area contributed by atoms with Crippen LogP contribution in [0.5, 0.6) is 0 Å². The molecule has 0 bridgehead atoms. The lowest BCUT2D eigenvalue weighted by molar-refractivity contribution is -0.135. The molecule has 0 aliphatic carbocycles. The van der Waals surface area contributed by atoms with Gasteiger partial charge in [-0.3, -0.25) is 9.59 Å². The predicted octanol–water partition coefficient (Wildman–Crippen LogP) is 2.67. The van der Waals surface area contributed by atoms with Gasteiger partial charge in [-0.2, -0.15) is 4.31 Å². The van der Waals surface area contributed by atoms with Gasteiger partial charge >= 0.3 is 0 Å². The van der Waals surface area contributed by atoms with Gasteiger partial charge in [0.15, 0.2) is 0 Å². The van der Waals surface area contributed by atoms with Gasteiger partial charge in [-0.05, 0) is 49.6 Å². The highest BCUT2D eigenvalue weighted by Crippen LogP contribution is 2.22. The van der Waals surface area contributed by atoms with Gasteiger partial charge in [-0.1, -0.05) is 45.8 Å². The Morgan fingerprint density at radius 1 is 1.06 bits per heavy atom. The van der Waals surface area contributed by atoms with E-state index in [0.29, 0.717) is 25.9 Å². The number of primary amides is 1. The molecule has 1 fully saturated rings. The molecule has 1 heterocycles. The van der Waals surface area contributed by atoms with E-state index in [2.05, 4.69) is 15.9 Å². The largest absolute Gasteiger partial charge is 0.369 e. The monoisotopic (exact) mass is 507 g/mol. The molecule has 2 N–H and O–H groups in total. The van der Waals surface area contributed by atoms with Crippen molar-refractivity contribution in [1.29, 1.82) is 0 Å². The number of benzene rings is 2. The molecule has 0 saturated carbocycles. The number of halogens is 1. The van der Waals surface area contributed by atoms with Crippen molar-refractivity contribution in [2.75, 3.05) is 19.6 Å². The van der Waals surface area contributed by atoms with Gasteiger partial charge in [0.2, 0.25) is 21.8 Å². The molecule has 0 atom stereocenters. The highest BCUT2D eigenvalue weighted by molar-refractivity contribution is 9.10. The van der Waals surface area contributed by atoms with E-state index in [-0.39, 0.29) is 35.7 Å². The Kier molecular flexibility index (Phi) is 7.51. The van der Waals surface area contributed by atoms with Gasteiger partial charge in [-0.25, -0.2) is 8.42 Å². The predicted molar refractivity (Wildman–Crippen MR) is 121 cm³/mol. The second-order valence-electron chi connectivity index (χ2n) is 7.77. The number of carbonyl (C=O) groups excluding carboxylic acids is 2. The van der Waals surface area contributed by atoms with Crippen LogP contribution in [0.1, 0.15) is 24.0 Å². The SMILES string of the molecule is Cc1ccc(CN(CC(=O)N2CCC(C(N)=O)CC2)S(=O)(=O)c2ccc(Br)cc2)cc1. The van der Waals surface area contributed by atoms with E-state index in [4.69, 9.17) is 5.73 Å². The van der Waals surface area contributed by atoms with E-state index >= 15 is 0 Å². The topological polar surface area (TPSA) is 101 Å². The minimum Gasteiger partial charge on any atom is -0.369 e. The van der Waals surface area contributed by atoms with E-state index in [1.54, 1.807) is 17.0 Å². The summed E-state index contributed by atoms with van der Waals surface area (Å²) in [5, 5.41) is 0. The van der Waals surface area contributed by atoms with Crippen LogP contribution in [0.15, 0.2) is 57.9 Å². The van der Waals surface area contributed by atoms with E-state index in [1.807, 2.05) is 31.2 Å². The molecular weight excluding hydrogens is 482 g/mol. The van der Waals surface area contributed by atoms with Gasteiger partial charge in [0.05, 0.1) is 11.4 Å². The maximum absolute atomic E-state index is 13.4. The molecule has 0 aromatic heterocycles. The lowest BCUT2D eigenvalue weighted by Gasteiger charge is -2.32. The number of nitrogens with two attached hydrogens (primary N) is 1. The van der Waals surface area contributed by atoms with Crippen LogP contribution in [-0.4, -0.2) is 49.1 Å². The van der Waals surface area contributed by atoms with Crippen LogP contribution in [0.2, 0.25) is 0 Å². The molecule has 1 aliphatic heterocycles. The number of hydrogen-bond donors (Lipinski definition) is 1. The first-order chi connectivity index (χ1) is 14.7. The van der Waals surface area contributed by atoms with Crippen LogP contribution < -0.4 is 5.73 Å². The van der Waals surface area contributed by atoms with Crippen LogP contribution in [0.25, 0.3) is 0 Å². The van der Waals surface area contributed by atoms with Crippen molar-refractivity contribution in [3.8, 4) is 0 Å². The minimum absolute atomic E-state index is 0.0855. The zero-order valence-corrected chi connectivity index (χ0v) is 19.7. The van der Waals surface area contributed by atoms with Gasteiger partial charge in [0.1, 0.15) is 0 Å². The molecule has 9 heteroatoms. The molecule has 1 saturated heterocycles. The third-order valence-corrected chi connectivity index (χ3v) is 7.83. The smallest absolute Gasteiger partial charge is 0.243 e. The number of likely N-dealkylation sites (tertiary alicyclic amines) is 1. The van der Waals surface area contributed by atoms with Gasteiger partial charge in [0, 0.05) is 30.0 Å². The van der Waals surface area contributed by atoms with Crippen LogP contribution >= 0.6 is 15.9 Å². The zero-order chi connectivity index (χ0) is 22.6. The zero-order valence-electron chi connectivity index (χ0n) is 17.3. The standard InChI is InChI=1S/C22H26BrN3O4S/c1-16-2-4-17(5-3-16)14-26(31(29,30)20-8-6-19(23)7-9-20)15-21(27)25-12-10-18(11-13-25)22(24)28/h2-9,18H,10-15H2,1H3,(H2,24,28). The second kappa shape index (κ2) is 9.93. The average Bonchev–Trinajstić information content (AvgIpc) is 2.75. The highest BCUT2D eigenvalue weighted by atomic mass is 79.9. The first kappa shape index (κ1) is 23.4. The summed E-state index contributed by atoms with van der Waals surface area (Å²) in [4.78, 5) is 26.1. The fourth-order valence-electron chi connectivity index (χ4n) is 3.54. The molecule has 0 unspecified atom stereocenters. The Morgan fingerprint density at radius 3 is 2.19 bits per heavy atom. The van der Waals surface area contributed by atoms with E-state index in [0.717, 1.165) is 15.6 Å². The van der Waals surface area contributed by atoms with E-state index in [1.165, 1.54) is 16.4 Å². The van der Waals surface area contributed by atoms with Crippen LogP contribution in [0.4, 0.5) is 0 Å². The van der Waals surface area contributed by atoms with Crippen LogP contribution in [0, 0.1) is 12.8 Å². The second-order valence-corrected chi connectivity index (χ2v) is 10.6. The minimum atomic E-state index is -3.89. The number of amides is 2. The first-order valence-electron chi connectivity index (χ1n) is 10.0. The Bertz CT molecular complexity index is 1030. The van der Waals surface area contributed by atoms with Crippen LogP contribution in [0.3, 0.4) is 0 Å². The molecule has 0 spiro atoms. The number of carbonyl (C=O) groups is 2. The third-order valence-electron chi connectivity index (χ3n) is 5.49. The molecular formula is C22H26BrN3O4S. The molecule has 3 rings (SSSR count). The van der Waals surface area contributed by atoms with E-state index in [9.17, 15) is 18.0 Å². The third kappa shape index (κ3) is 5.93. The number of nitrogens with zero attached hydrogens (tertiary/aromatic N) is 2. The normalized spacial score (nSPS) is 15.3. The Balaban J connectivity index is 1.81. The Hall–Kier alpha value is -2.23. The summed E-state index contributed by atoms with van der Waals surface area (Å²) in [5.74, 6) is -0.874. The van der Waals surface area contributed by atoms with Crippen molar-refractivity contribution in [2.24, 2.45) is 11.7 Å². The molecule has 1 aliphatic rings. The average molecular weight is 508 g/mol. The lowest BCUT2D eigenvalue weighted by atomic mass is 9.96. The molecule has 2 amide bonds. The molecule has 0 radical (unpaired) electrons. The van der Waals surface area contributed by atoms with Crippen molar-refractivity contribution in [2.45, 2.75) is 31.2 Å². The van der Waals surface area contributed by atoms with Gasteiger partial charge in [0.25, 0.3) is 0 Å². The number of aryl methyl sites for hydroxylation is 1. The van der Waals surface area contributed by atoms with Gasteiger partial charge < -0.3 is 10.6 Å². The Morgan fingerprint density at radius 2 is 1.65 bits per heavy atom. The van der Waals surface area contributed by atoms with Crippen molar-refractivity contribution in [1.82, 2.24) is 9.21 Å². The van der Waals surface area contributed by atoms with Crippen molar-refractivity contribution >= 4 is 37.8 Å². The van der Waals surface area contributed by atoms with Crippen molar-refractivity contribution < 1.29 is 18.0 Å². The maximum Gasteiger partial charge on any atom is 0.243 e. The summed E-state index contributed by atoms with van der Waals surface area (Å²) in [6.07, 6.45) is 0.997. The molecule has 2 aromatic carbocycles. The van der Waals surface area contributed by atoms with Gasteiger partial charge in [-0.15, -0.1) is 0 Å². The summed E-state index contributed by atoms with van der Waals surface area (Å²) in [7, 11) is -3.89. The first-order valence-corrected chi connectivity index (χ1v) is 12.3. The number of hydrogen-bond acceptors (Lipinski definition) is 4. The summed E-state index contributed by atoms with van der Waals surface area (Å²) in [5.41, 5.74) is 7.23. The quantitative estimate of drug-likeness (QED) is 0.622. The number of sulfonamides is 1. The molecule has 166 valence electrons. The van der Waals surface area contributed by atoms with Crippen LogP contribution in [-0.2, 0) is 26.2 Å². The summed E-state index contributed by atoms with van der Waals surface area (Å²) >= 11 is 3.32. The van der Waals surface area contributed by atoms with E-state index < -0.39 is 10.0 Å². The van der Waals surface area contributed by atoms with Crippen molar-refractivity contribution in [3.05, 3.63) is 64.1 Å². The highest BCUT2D eigenvalue weighted by Gasteiger charge is 2.31. The molecule has 2 aromatic rings. The molecule has 7 nitrogen and oxygen atoms in total. The summed E-state index contributed by atoms with van der Waals surface area (Å²) < 4.78 is 28.7. The summed E-state index contributed by atoms with van der Waals surface area (Å²) in [6, 6.07) is 13.9.